The molecule has 0 amide bonds. The van der Waals surface area contributed by atoms with Gasteiger partial charge in [0.25, 0.3) is 0 Å². The summed E-state index contributed by atoms with van der Waals surface area (Å²) in [5, 5.41) is 4.18. The first kappa shape index (κ1) is 11.4. The third-order valence-electron chi connectivity index (χ3n) is 3.10. The van der Waals surface area contributed by atoms with Crippen LogP contribution in [0.1, 0.15) is 11.1 Å². The molecule has 3 heteroatoms. The van der Waals surface area contributed by atoms with E-state index in [1.54, 1.807) is 0 Å². The second kappa shape index (κ2) is 4.91. The SMILES string of the molecule is Clc1ccc(CNc2ccc3c(c2)CCO3)cc1. The zero-order chi connectivity index (χ0) is 12.4. The van der Waals surface area contributed by atoms with Gasteiger partial charge in [0.1, 0.15) is 5.75 Å². The predicted octanol–water partition coefficient (Wildman–Crippen LogP) is 3.89. The summed E-state index contributed by atoms with van der Waals surface area (Å²) < 4.78 is 5.49. The molecule has 2 aromatic rings. The van der Waals surface area contributed by atoms with E-state index >= 15 is 0 Å². The molecule has 1 N–H and O–H groups in total. The maximum absolute atomic E-state index is 5.86. The molecule has 0 radical (unpaired) electrons. The minimum Gasteiger partial charge on any atom is -0.493 e. The largest absolute Gasteiger partial charge is 0.493 e. The van der Waals surface area contributed by atoms with Crippen molar-refractivity contribution in [2.24, 2.45) is 0 Å². The van der Waals surface area contributed by atoms with Crippen LogP contribution in [0.25, 0.3) is 0 Å². The number of hydrogen-bond acceptors (Lipinski definition) is 2. The Morgan fingerprint density at radius 2 is 1.94 bits per heavy atom. The number of halogens is 1. The molecule has 0 saturated heterocycles. The summed E-state index contributed by atoms with van der Waals surface area (Å²) in [4.78, 5) is 0. The maximum Gasteiger partial charge on any atom is 0.122 e. The minimum atomic E-state index is 0.772. The summed E-state index contributed by atoms with van der Waals surface area (Å²) in [6, 6.07) is 14.1. The lowest BCUT2D eigenvalue weighted by atomic mass is 10.1. The van der Waals surface area contributed by atoms with Crippen LogP contribution in [-0.4, -0.2) is 6.61 Å². The zero-order valence-corrected chi connectivity index (χ0v) is 10.7. The minimum absolute atomic E-state index is 0.772. The fourth-order valence-electron chi connectivity index (χ4n) is 2.10. The van der Waals surface area contributed by atoms with E-state index in [1.807, 2.05) is 30.3 Å². The van der Waals surface area contributed by atoms with Crippen LogP contribution in [0.3, 0.4) is 0 Å². The predicted molar refractivity (Wildman–Crippen MR) is 74.4 cm³/mol. The number of anilines is 1. The van der Waals surface area contributed by atoms with E-state index < -0.39 is 0 Å². The molecule has 2 nitrogen and oxygen atoms in total. The molecule has 0 spiro atoms. The van der Waals surface area contributed by atoms with Crippen molar-refractivity contribution >= 4 is 17.3 Å². The van der Waals surface area contributed by atoms with Gasteiger partial charge in [-0.2, -0.15) is 0 Å². The summed E-state index contributed by atoms with van der Waals surface area (Å²) in [6.07, 6.45) is 1.01. The van der Waals surface area contributed by atoms with Crippen molar-refractivity contribution in [3.05, 3.63) is 58.6 Å². The molecule has 0 aromatic heterocycles. The van der Waals surface area contributed by atoms with Crippen molar-refractivity contribution in [1.29, 1.82) is 0 Å². The maximum atomic E-state index is 5.86. The first-order valence-electron chi connectivity index (χ1n) is 6.05. The molecule has 92 valence electrons. The quantitative estimate of drug-likeness (QED) is 0.903. The van der Waals surface area contributed by atoms with Crippen LogP contribution in [0, 0.1) is 0 Å². The van der Waals surface area contributed by atoms with Gasteiger partial charge in [-0.1, -0.05) is 23.7 Å². The van der Waals surface area contributed by atoms with Crippen LogP contribution in [0.4, 0.5) is 5.69 Å². The van der Waals surface area contributed by atoms with Gasteiger partial charge < -0.3 is 10.1 Å². The standard InChI is InChI=1S/C15H14ClNO/c16-13-3-1-11(2-4-13)10-17-14-5-6-15-12(9-14)7-8-18-15/h1-6,9,17H,7-8,10H2. The Hall–Kier alpha value is -1.67. The molecule has 0 atom stereocenters. The summed E-state index contributed by atoms with van der Waals surface area (Å²) in [5.41, 5.74) is 3.64. The van der Waals surface area contributed by atoms with E-state index in [0.29, 0.717) is 0 Å². The van der Waals surface area contributed by atoms with Gasteiger partial charge in [-0.25, -0.2) is 0 Å². The van der Waals surface area contributed by atoms with Crippen molar-refractivity contribution in [3.8, 4) is 5.75 Å². The van der Waals surface area contributed by atoms with Gasteiger partial charge in [-0.05, 0) is 41.5 Å². The smallest absolute Gasteiger partial charge is 0.122 e. The van der Waals surface area contributed by atoms with E-state index in [-0.39, 0.29) is 0 Å². The van der Waals surface area contributed by atoms with Crippen LogP contribution in [0.5, 0.6) is 5.75 Å². The number of rotatable bonds is 3. The van der Waals surface area contributed by atoms with Crippen LogP contribution >= 0.6 is 11.6 Å². The second-order valence-corrected chi connectivity index (χ2v) is 4.84. The summed E-state index contributed by atoms with van der Waals surface area (Å²) >= 11 is 5.86. The summed E-state index contributed by atoms with van der Waals surface area (Å²) in [6.45, 7) is 1.60. The van der Waals surface area contributed by atoms with Crippen molar-refractivity contribution in [1.82, 2.24) is 0 Å². The number of fused-ring (bicyclic) bond motifs is 1. The van der Waals surface area contributed by atoms with Gasteiger partial charge in [0.05, 0.1) is 6.61 Å². The van der Waals surface area contributed by atoms with Crippen molar-refractivity contribution in [2.45, 2.75) is 13.0 Å². The van der Waals surface area contributed by atoms with Crippen molar-refractivity contribution < 1.29 is 4.74 Å². The Bertz CT molecular complexity index is 551. The first-order valence-corrected chi connectivity index (χ1v) is 6.43. The molecule has 1 heterocycles. The molecule has 0 bridgehead atoms. The fourth-order valence-corrected chi connectivity index (χ4v) is 2.23. The van der Waals surface area contributed by atoms with Crippen LogP contribution in [0.15, 0.2) is 42.5 Å². The second-order valence-electron chi connectivity index (χ2n) is 4.40. The molecular weight excluding hydrogens is 246 g/mol. The third kappa shape index (κ3) is 2.44. The van der Waals surface area contributed by atoms with Crippen molar-refractivity contribution in [2.75, 3.05) is 11.9 Å². The Kier molecular flexibility index (Phi) is 3.11. The molecule has 0 fully saturated rings. The third-order valence-corrected chi connectivity index (χ3v) is 3.35. The number of ether oxygens (including phenoxy) is 1. The van der Waals surface area contributed by atoms with Crippen LogP contribution < -0.4 is 10.1 Å². The molecule has 18 heavy (non-hydrogen) atoms. The first-order chi connectivity index (χ1) is 8.81. The average molecular weight is 260 g/mol. The molecule has 0 unspecified atom stereocenters. The molecular formula is C15H14ClNO. The summed E-state index contributed by atoms with van der Waals surface area (Å²) in [5.74, 6) is 1.02. The van der Waals surface area contributed by atoms with E-state index in [0.717, 1.165) is 36.0 Å². The lowest BCUT2D eigenvalue weighted by Crippen LogP contribution is -1.99. The highest BCUT2D eigenvalue weighted by Crippen LogP contribution is 2.28. The molecule has 2 aromatic carbocycles. The Labute approximate surface area is 112 Å². The monoisotopic (exact) mass is 259 g/mol. The Morgan fingerprint density at radius 1 is 1.11 bits per heavy atom. The van der Waals surface area contributed by atoms with E-state index in [2.05, 4.69) is 17.4 Å². The highest BCUT2D eigenvalue weighted by Gasteiger charge is 2.11. The van der Waals surface area contributed by atoms with E-state index in [9.17, 15) is 0 Å². The number of nitrogens with one attached hydrogen (secondary N) is 1. The van der Waals surface area contributed by atoms with Crippen LogP contribution in [-0.2, 0) is 13.0 Å². The molecule has 0 aliphatic carbocycles. The van der Waals surface area contributed by atoms with E-state index in [4.69, 9.17) is 16.3 Å². The molecule has 0 saturated carbocycles. The average Bonchev–Trinajstić information content (AvgIpc) is 2.85. The van der Waals surface area contributed by atoms with Gasteiger partial charge in [0.15, 0.2) is 0 Å². The van der Waals surface area contributed by atoms with Gasteiger partial charge >= 0.3 is 0 Å². The number of hydrogen-bond donors (Lipinski definition) is 1. The normalized spacial score (nSPS) is 12.9. The lowest BCUT2D eigenvalue weighted by molar-refractivity contribution is 0.357. The highest BCUT2D eigenvalue weighted by atomic mass is 35.5. The lowest BCUT2D eigenvalue weighted by Gasteiger charge is -2.08. The fraction of sp³-hybridized carbons (Fsp3) is 0.200. The highest BCUT2D eigenvalue weighted by molar-refractivity contribution is 6.30. The molecule has 1 aliphatic heterocycles. The molecule has 1 aliphatic rings. The van der Waals surface area contributed by atoms with E-state index in [1.165, 1.54) is 11.1 Å². The molecule has 3 rings (SSSR count). The Balaban J connectivity index is 1.68. The summed E-state index contributed by atoms with van der Waals surface area (Å²) in [7, 11) is 0. The van der Waals surface area contributed by atoms with Gasteiger partial charge in [-0.3, -0.25) is 0 Å². The van der Waals surface area contributed by atoms with Gasteiger partial charge in [0, 0.05) is 23.7 Å². The Morgan fingerprint density at radius 3 is 2.78 bits per heavy atom. The van der Waals surface area contributed by atoms with Crippen LogP contribution in [0.2, 0.25) is 5.02 Å². The van der Waals surface area contributed by atoms with Crippen molar-refractivity contribution in [3.63, 3.8) is 0 Å². The van der Waals surface area contributed by atoms with Gasteiger partial charge in [0.2, 0.25) is 0 Å². The van der Waals surface area contributed by atoms with Gasteiger partial charge in [-0.15, -0.1) is 0 Å². The number of benzene rings is 2. The topological polar surface area (TPSA) is 21.3 Å². The zero-order valence-electron chi connectivity index (χ0n) is 9.95.